The third-order valence-electron chi connectivity index (χ3n) is 5.01. The lowest BCUT2D eigenvalue weighted by Crippen LogP contribution is -2.18. The molecule has 0 atom stereocenters. The molecule has 2 aromatic heterocycles. The third kappa shape index (κ3) is 4.16. The number of nitrogens with zero attached hydrogens (tertiary/aromatic N) is 4. The average molecular weight is 386 g/mol. The Labute approximate surface area is 169 Å². The van der Waals surface area contributed by atoms with Crippen molar-refractivity contribution in [3.8, 4) is 17.4 Å². The van der Waals surface area contributed by atoms with Gasteiger partial charge in [-0.25, -0.2) is 9.97 Å². The Morgan fingerprint density at radius 3 is 2.21 bits per heavy atom. The molecular formula is C23H22N4O2. The zero-order valence-electron chi connectivity index (χ0n) is 16.7. The molecule has 0 aliphatic rings. The number of rotatable bonds is 6. The standard InChI is InChI=1S/C23H22N4O2/c1-16-4-6-17(7-5-16)23(2,3)18-8-10-20(11-9-18)28-14-19-12-13-24-21(26-19)22-25-15-29-27-22/h4-13,15H,14H2,1-3H3. The molecule has 6 nitrogen and oxygen atoms in total. The van der Waals surface area contributed by atoms with E-state index in [4.69, 9.17) is 9.26 Å². The van der Waals surface area contributed by atoms with Gasteiger partial charge in [0.15, 0.2) is 0 Å². The number of hydrogen-bond donors (Lipinski definition) is 0. The molecule has 0 saturated heterocycles. The lowest BCUT2D eigenvalue weighted by Gasteiger charge is -2.26. The number of aryl methyl sites for hydroxylation is 1. The van der Waals surface area contributed by atoms with Gasteiger partial charge in [0.05, 0.1) is 5.69 Å². The topological polar surface area (TPSA) is 73.9 Å². The van der Waals surface area contributed by atoms with Crippen molar-refractivity contribution in [1.29, 1.82) is 0 Å². The summed E-state index contributed by atoms with van der Waals surface area (Å²) in [5.41, 5.74) is 4.43. The highest BCUT2D eigenvalue weighted by Crippen LogP contribution is 2.32. The van der Waals surface area contributed by atoms with Gasteiger partial charge in [0.2, 0.25) is 18.0 Å². The number of hydrogen-bond acceptors (Lipinski definition) is 6. The van der Waals surface area contributed by atoms with E-state index in [2.05, 4.69) is 77.3 Å². The Balaban J connectivity index is 1.45. The molecule has 0 spiro atoms. The Kier molecular flexibility index (Phi) is 5.08. The van der Waals surface area contributed by atoms with E-state index in [-0.39, 0.29) is 5.41 Å². The van der Waals surface area contributed by atoms with E-state index in [9.17, 15) is 0 Å². The predicted octanol–water partition coefficient (Wildman–Crippen LogP) is 4.74. The second kappa shape index (κ2) is 7.83. The monoisotopic (exact) mass is 386 g/mol. The van der Waals surface area contributed by atoms with Crippen LogP contribution < -0.4 is 4.74 Å². The largest absolute Gasteiger partial charge is 0.487 e. The summed E-state index contributed by atoms with van der Waals surface area (Å²) in [6.45, 7) is 6.89. The van der Waals surface area contributed by atoms with Gasteiger partial charge < -0.3 is 9.26 Å². The summed E-state index contributed by atoms with van der Waals surface area (Å²) >= 11 is 0. The molecule has 0 radical (unpaired) electrons. The normalized spacial score (nSPS) is 11.4. The summed E-state index contributed by atoms with van der Waals surface area (Å²) < 4.78 is 10.6. The summed E-state index contributed by atoms with van der Waals surface area (Å²) in [6, 6.07) is 18.7. The predicted molar refractivity (Wildman–Crippen MR) is 109 cm³/mol. The van der Waals surface area contributed by atoms with Crippen LogP contribution in [0.1, 0.15) is 36.2 Å². The van der Waals surface area contributed by atoms with E-state index in [1.807, 2.05) is 12.1 Å². The number of benzene rings is 2. The van der Waals surface area contributed by atoms with Crippen molar-refractivity contribution in [2.75, 3.05) is 0 Å². The first-order chi connectivity index (χ1) is 14.0. The minimum atomic E-state index is -0.0849. The van der Waals surface area contributed by atoms with Gasteiger partial charge in [-0.3, -0.25) is 0 Å². The molecule has 0 bridgehead atoms. The fourth-order valence-electron chi connectivity index (χ4n) is 3.12. The summed E-state index contributed by atoms with van der Waals surface area (Å²) in [4.78, 5) is 12.5. The first kappa shape index (κ1) is 18.8. The molecule has 29 heavy (non-hydrogen) atoms. The van der Waals surface area contributed by atoms with Gasteiger partial charge in [0, 0.05) is 11.6 Å². The van der Waals surface area contributed by atoms with Crippen LogP contribution >= 0.6 is 0 Å². The van der Waals surface area contributed by atoms with E-state index in [0.717, 1.165) is 11.4 Å². The van der Waals surface area contributed by atoms with Crippen LogP contribution in [0.25, 0.3) is 11.6 Å². The molecule has 4 rings (SSSR count). The fourth-order valence-corrected chi connectivity index (χ4v) is 3.12. The molecule has 0 aliphatic heterocycles. The fraction of sp³-hybridized carbons (Fsp3) is 0.217. The Bertz CT molecular complexity index is 1070. The highest BCUT2D eigenvalue weighted by atomic mass is 16.5. The zero-order chi connectivity index (χ0) is 20.3. The minimum Gasteiger partial charge on any atom is -0.487 e. The van der Waals surface area contributed by atoms with E-state index in [1.54, 1.807) is 12.3 Å². The maximum Gasteiger partial charge on any atom is 0.239 e. The minimum absolute atomic E-state index is 0.0849. The van der Waals surface area contributed by atoms with Crippen LogP contribution in [-0.2, 0) is 12.0 Å². The van der Waals surface area contributed by atoms with Crippen molar-refractivity contribution in [3.63, 3.8) is 0 Å². The molecule has 6 heteroatoms. The van der Waals surface area contributed by atoms with Crippen LogP contribution in [0.4, 0.5) is 0 Å². The first-order valence-corrected chi connectivity index (χ1v) is 9.41. The quantitative estimate of drug-likeness (QED) is 0.476. The molecule has 2 aromatic carbocycles. The second-order valence-corrected chi connectivity index (χ2v) is 7.43. The Morgan fingerprint density at radius 2 is 1.55 bits per heavy atom. The highest BCUT2D eigenvalue weighted by Gasteiger charge is 2.22. The maximum atomic E-state index is 5.90. The van der Waals surface area contributed by atoms with Crippen molar-refractivity contribution < 1.29 is 9.26 Å². The van der Waals surface area contributed by atoms with E-state index in [0.29, 0.717) is 18.3 Å². The van der Waals surface area contributed by atoms with Crippen LogP contribution in [0.5, 0.6) is 5.75 Å². The van der Waals surface area contributed by atoms with Gasteiger partial charge in [0.25, 0.3) is 0 Å². The molecule has 0 amide bonds. The smallest absolute Gasteiger partial charge is 0.239 e. The van der Waals surface area contributed by atoms with Crippen LogP contribution in [0.15, 0.2) is 71.7 Å². The summed E-state index contributed by atoms with van der Waals surface area (Å²) in [7, 11) is 0. The molecule has 0 N–H and O–H groups in total. The summed E-state index contributed by atoms with van der Waals surface area (Å²) in [6.07, 6.45) is 2.91. The van der Waals surface area contributed by atoms with Crippen LogP contribution in [0.2, 0.25) is 0 Å². The average Bonchev–Trinajstić information content (AvgIpc) is 3.28. The van der Waals surface area contributed by atoms with Gasteiger partial charge in [0.1, 0.15) is 12.4 Å². The molecule has 0 fully saturated rings. The molecule has 0 saturated carbocycles. The summed E-state index contributed by atoms with van der Waals surface area (Å²) in [5.74, 6) is 1.55. The molecule has 146 valence electrons. The molecular weight excluding hydrogens is 364 g/mol. The maximum absolute atomic E-state index is 5.90. The molecule has 0 aliphatic carbocycles. The van der Waals surface area contributed by atoms with Crippen LogP contribution in [0, 0.1) is 6.92 Å². The van der Waals surface area contributed by atoms with Crippen molar-refractivity contribution in [2.24, 2.45) is 0 Å². The van der Waals surface area contributed by atoms with Crippen LogP contribution in [-0.4, -0.2) is 20.1 Å². The van der Waals surface area contributed by atoms with E-state index in [1.165, 1.54) is 23.1 Å². The van der Waals surface area contributed by atoms with Crippen molar-refractivity contribution in [2.45, 2.75) is 32.8 Å². The first-order valence-electron chi connectivity index (χ1n) is 9.41. The zero-order valence-corrected chi connectivity index (χ0v) is 16.7. The van der Waals surface area contributed by atoms with Crippen LogP contribution in [0.3, 0.4) is 0 Å². The molecule has 2 heterocycles. The SMILES string of the molecule is Cc1ccc(C(C)(C)c2ccc(OCc3ccnc(-c4ncon4)n3)cc2)cc1. The lowest BCUT2D eigenvalue weighted by molar-refractivity contribution is 0.301. The number of aromatic nitrogens is 4. The van der Waals surface area contributed by atoms with Gasteiger partial charge >= 0.3 is 0 Å². The highest BCUT2D eigenvalue weighted by molar-refractivity contribution is 5.42. The van der Waals surface area contributed by atoms with Crippen molar-refractivity contribution >= 4 is 0 Å². The third-order valence-corrected chi connectivity index (χ3v) is 5.01. The van der Waals surface area contributed by atoms with Gasteiger partial charge in [-0.2, -0.15) is 4.98 Å². The Hall–Kier alpha value is -3.54. The van der Waals surface area contributed by atoms with E-state index < -0.39 is 0 Å². The summed E-state index contributed by atoms with van der Waals surface area (Å²) in [5, 5.41) is 3.76. The van der Waals surface area contributed by atoms with Gasteiger partial charge in [-0.1, -0.05) is 61.0 Å². The lowest BCUT2D eigenvalue weighted by atomic mass is 9.78. The van der Waals surface area contributed by atoms with Gasteiger partial charge in [-0.05, 0) is 36.2 Å². The number of ether oxygens (including phenoxy) is 1. The molecule has 4 aromatic rings. The molecule has 0 unspecified atom stereocenters. The second-order valence-electron chi connectivity index (χ2n) is 7.43. The van der Waals surface area contributed by atoms with Crippen molar-refractivity contribution in [1.82, 2.24) is 20.1 Å². The van der Waals surface area contributed by atoms with Gasteiger partial charge in [-0.15, -0.1) is 0 Å². The van der Waals surface area contributed by atoms with E-state index >= 15 is 0 Å². The van der Waals surface area contributed by atoms with Crippen molar-refractivity contribution in [3.05, 3.63) is 89.6 Å². The Morgan fingerprint density at radius 1 is 0.862 bits per heavy atom.